The molecule has 218 valence electrons. The molecule has 0 bridgehead atoms. The van der Waals surface area contributed by atoms with Gasteiger partial charge in [0.25, 0.3) is 0 Å². The second-order valence-electron chi connectivity index (χ2n) is 10.4. The van der Waals surface area contributed by atoms with Crippen molar-refractivity contribution in [2.45, 2.75) is 39.8 Å². The van der Waals surface area contributed by atoms with Gasteiger partial charge in [-0.1, -0.05) is 29.3 Å². The number of anilines is 2. The van der Waals surface area contributed by atoms with E-state index in [0.29, 0.717) is 32.9 Å². The second-order valence-corrected chi connectivity index (χ2v) is 11.2. The van der Waals surface area contributed by atoms with Crippen LogP contribution >= 0.6 is 23.2 Å². The summed E-state index contributed by atoms with van der Waals surface area (Å²) in [7, 11) is 0. The highest BCUT2D eigenvalue weighted by molar-refractivity contribution is 6.35. The molecule has 4 N–H and O–H groups in total. The Balaban J connectivity index is 0.00000387. The monoisotopic (exact) mass is 599 g/mol. The molecule has 11 heteroatoms. The van der Waals surface area contributed by atoms with Gasteiger partial charge in [0, 0.05) is 53.2 Å². The van der Waals surface area contributed by atoms with Gasteiger partial charge in [-0.05, 0) is 87.4 Å². The molecule has 2 heterocycles. The molecule has 5 rings (SSSR count). The lowest BCUT2D eigenvalue weighted by Crippen LogP contribution is -2.46. The van der Waals surface area contributed by atoms with Crippen LogP contribution in [0.25, 0.3) is 5.69 Å². The molecular weight excluding hydrogens is 565 g/mol. The minimum absolute atomic E-state index is 0. The number of phenolic OH excluding ortho intramolecular Hbond substituents is 1. The average molecular weight is 601 g/mol. The number of benzene rings is 3. The number of aryl methyl sites for hydroxylation is 3. The van der Waals surface area contributed by atoms with Gasteiger partial charge in [0.15, 0.2) is 0 Å². The maximum atomic E-state index is 13.4. The van der Waals surface area contributed by atoms with Crippen molar-refractivity contribution in [1.29, 1.82) is 0 Å². The van der Waals surface area contributed by atoms with Crippen LogP contribution in [0.1, 0.15) is 41.6 Å². The quantitative estimate of drug-likeness (QED) is 0.329. The largest absolute Gasteiger partial charge is 0.507 e. The number of hydrogen-bond acceptors (Lipinski definition) is 6. The van der Waals surface area contributed by atoms with Gasteiger partial charge in [-0.25, -0.2) is 14.0 Å². The van der Waals surface area contributed by atoms with Gasteiger partial charge < -0.3 is 25.5 Å². The number of piperazine rings is 1. The summed E-state index contributed by atoms with van der Waals surface area (Å²) in [5, 5.41) is 26.3. The first kappa shape index (κ1) is 30.5. The summed E-state index contributed by atoms with van der Waals surface area (Å²) in [6, 6.07) is 16.2. The Kier molecular flexibility index (Phi) is 9.03. The number of phenols is 1. The molecule has 41 heavy (non-hydrogen) atoms. The van der Waals surface area contributed by atoms with Crippen LogP contribution in [-0.4, -0.2) is 56.2 Å². The predicted molar refractivity (Wildman–Crippen MR) is 164 cm³/mol. The molecule has 3 aromatic carbocycles. The summed E-state index contributed by atoms with van der Waals surface area (Å²) in [5.41, 5.74) is 4.84. The van der Waals surface area contributed by atoms with Gasteiger partial charge in [0.05, 0.1) is 11.7 Å². The molecule has 1 saturated heterocycles. The topological polar surface area (TPSA) is 118 Å². The number of halogens is 2. The van der Waals surface area contributed by atoms with Crippen LogP contribution in [-0.2, 0) is 0 Å². The molecule has 0 aliphatic carbocycles. The Labute approximate surface area is 249 Å². The minimum atomic E-state index is -1.04. The summed E-state index contributed by atoms with van der Waals surface area (Å²) >= 11 is 12.3. The maximum absolute atomic E-state index is 13.4. The van der Waals surface area contributed by atoms with E-state index >= 15 is 0 Å². The van der Waals surface area contributed by atoms with Crippen molar-refractivity contribution in [3.63, 3.8) is 0 Å². The van der Waals surface area contributed by atoms with E-state index in [9.17, 15) is 15.0 Å². The van der Waals surface area contributed by atoms with Crippen molar-refractivity contribution in [3.8, 4) is 11.4 Å². The lowest BCUT2D eigenvalue weighted by atomic mass is 10.0. The first-order valence-corrected chi connectivity index (χ1v) is 14.0. The number of nitrogens with zero attached hydrogens (tertiary/aromatic N) is 5. The van der Waals surface area contributed by atoms with Gasteiger partial charge in [0.2, 0.25) is 0 Å². The lowest BCUT2D eigenvalue weighted by molar-refractivity contribution is 0.113. The highest BCUT2D eigenvalue weighted by Crippen LogP contribution is 2.32. The third kappa shape index (κ3) is 5.94. The number of aromatic hydroxyl groups is 1. The Morgan fingerprint density at radius 3 is 1.93 bits per heavy atom. The van der Waals surface area contributed by atoms with Crippen molar-refractivity contribution in [1.82, 2.24) is 14.3 Å². The smallest absolute Gasteiger partial charge is 0.350 e. The second kappa shape index (κ2) is 12.2. The van der Waals surface area contributed by atoms with Crippen LogP contribution in [0.5, 0.6) is 5.75 Å². The zero-order chi connectivity index (χ0) is 28.7. The Morgan fingerprint density at radius 2 is 1.37 bits per heavy atom. The van der Waals surface area contributed by atoms with Gasteiger partial charge >= 0.3 is 5.69 Å². The van der Waals surface area contributed by atoms with Crippen LogP contribution in [0.3, 0.4) is 0 Å². The molecule has 0 radical (unpaired) electrons. The van der Waals surface area contributed by atoms with Crippen LogP contribution in [0.4, 0.5) is 11.4 Å². The van der Waals surface area contributed by atoms with E-state index < -0.39 is 12.1 Å². The number of hydrogen-bond donors (Lipinski definition) is 2. The SMILES string of the molecule is Cc1cc(N2CCN(c3ccc(-n4c(C)nn(C(C)C(O)c5ccc(Cl)cc5Cl)c4=O)cc3)CC2)cc(C)c1O.O. The van der Waals surface area contributed by atoms with E-state index in [0.717, 1.165) is 48.7 Å². The Bertz CT molecular complexity index is 1570. The summed E-state index contributed by atoms with van der Waals surface area (Å²) in [6.07, 6.45) is -1.04. The molecule has 4 aromatic rings. The molecule has 0 spiro atoms. The lowest BCUT2D eigenvalue weighted by Gasteiger charge is -2.37. The van der Waals surface area contributed by atoms with Crippen LogP contribution < -0.4 is 15.5 Å². The van der Waals surface area contributed by atoms with E-state index in [4.69, 9.17) is 23.2 Å². The zero-order valence-corrected chi connectivity index (χ0v) is 25.0. The Morgan fingerprint density at radius 1 is 0.829 bits per heavy atom. The fraction of sp³-hybridized carbons (Fsp3) is 0.333. The van der Waals surface area contributed by atoms with E-state index in [2.05, 4.69) is 14.9 Å². The molecule has 1 aliphatic heterocycles. The summed E-state index contributed by atoms with van der Waals surface area (Å²) < 4.78 is 2.84. The van der Waals surface area contributed by atoms with Crippen LogP contribution in [0.2, 0.25) is 10.0 Å². The predicted octanol–water partition coefficient (Wildman–Crippen LogP) is 4.77. The third-order valence-electron chi connectivity index (χ3n) is 7.68. The number of aromatic nitrogens is 3. The van der Waals surface area contributed by atoms with Crippen molar-refractivity contribution in [3.05, 3.63) is 97.6 Å². The summed E-state index contributed by atoms with van der Waals surface area (Å²) in [4.78, 5) is 18.1. The van der Waals surface area contributed by atoms with Gasteiger partial charge in [-0.2, -0.15) is 5.10 Å². The molecule has 1 aromatic heterocycles. The number of aliphatic hydroxyl groups is 1. The average Bonchev–Trinajstić information content (AvgIpc) is 3.24. The first-order chi connectivity index (χ1) is 19.0. The number of rotatable bonds is 6. The summed E-state index contributed by atoms with van der Waals surface area (Å²) in [6.45, 7) is 10.8. The fourth-order valence-corrected chi connectivity index (χ4v) is 5.85. The van der Waals surface area contributed by atoms with E-state index in [1.165, 1.54) is 4.68 Å². The van der Waals surface area contributed by atoms with E-state index in [1.54, 1.807) is 36.6 Å². The van der Waals surface area contributed by atoms with Crippen molar-refractivity contribution in [2.75, 3.05) is 36.0 Å². The highest BCUT2D eigenvalue weighted by atomic mass is 35.5. The van der Waals surface area contributed by atoms with Gasteiger partial charge in [-0.3, -0.25) is 0 Å². The van der Waals surface area contributed by atoms with Crippen LogP contribution in [0, 0.1) is 20.8 Å². The van der Waals surface area contributed by atoms with Gasteiger partial charge in [-0.15, -0.1) is 0 Å². The molecule has 0 amide bonds. The highest BCUT2D eigenvalue weighted by Gasteiger charge is 2.26. The molecular formula is C30H35Cl2N5O4. The normalized spacial score (nSPS) is 15.0. The molecule has 9 nitrogen and oxygen atoms in total. The van der Waals surface area contributed by atoms with E-state index in [-0.39, 0.29) is 11.2 Å². The minimum Gasteiger partial charge on any atom is -0.507 e. The number of aliphatic hydroxyl groups excluding tert-OH is 1. The molecule has 1 fully saturated rings. The molecule has 0 saturated carbocycles. The standard InChI is InChI=1S/C30H33Cl2N5O3.H2O/c1-18-15-25(16-19(2)28(18)38)35-13-11-34(12-14-35)23-6-8-24(9-7-23)36-21(4)33-37(30(36)40)20(3)29(39)26-10-5-22(31)17-27(26)32;/h5-10,15-17,20,29,38-39H,11-14H2,1-4H3;1H2. The molecule has 2 atom stereocenters. The van der Waals surface area contributed by atoms with Crippen molar-refractivity contribution < 1.29 is 15.7 Å². The van der Waals surface area contributed by atoms with Crippen molar-refractivity contribution >= 4 is 34.6 Å². The zero-order valence-electron chi connectivity index (χ0n) is 23.5. The third-order valence-corrected chi connectivity index (χ3v) is 8.24. The fourth-order valence-electron chi connectivity index (χ4n) is 5.33. The van der Waals surface area contributed by atoms with E-state index in [1.807, 2.05) is 50.2 Å². The maximum Gasteiger partial charge on any atom is 0.350 e. The molecule has 2 unspecified atom stereocenters. The van der Waals surface area contributed by atoms with Crippen LogP contribution in [0.15, 0.2) is 59.4 Å². The summed E-state index contributed by atoms with van der Waals surface area (Å²) in [5.74, 6) is 0.881. The molecule has 1 aliphatic rings. The Hall–Kier alpha value is -3.50. The van der Waals surface area contributed by atoms with Crippen molar-refractivity contribution in [2.24, 2.45) is 0 Å². The van der Waals surface area contributed by atoms with Gasteiger partial charge in [0.1, 0.15) is 17.7 Å². The first-order valence-electron chi connectivity index (χ1n) is 13.3.